The molecule has 0 aliphatic carbocycles. The van der Waals surface area contributed by atoms with Crippen molar-refractivity contribution in [3.8, 4) is 5.82 Å². The van der Waals surface area contributed by atoms with Gasteiger partial charge >= 0.3 is 0 Å². The number of carbonyl (C=O) groups excluding carboxylic acids is 1. The molecule has 0 saturated heterocycles. The number of para-hydroxylation sites is 1. The van der Waals surface area contributed by atoms with Gasteiger partial charge in [0, 0.05) is 31.5 Å². The normalized spacial score (nSPS) is 12.6. The van der Waals surface area contributed by atoms with E-state index in [9.17, 15) is 4.79 Å². The Hall–Kier alpha value is -4.00. The van der Waals surface area contributed by atoms with Crippen molar-refractivity contribution in [1.29, 1.82) is 0 Å². The third-order valence-electron chi connectivity index (χ3n) is 5.50. The molecule has 0 unspecified atom stereocenters. The molecule has 1 aliphatic heterocycles. The highest BCUT2D eigenvalue weighted by Crippen LogP contribution is 2.28. The van der Waals surface area contributed by atoms with Gasteiger partial charge in [0.15, 0.2) is 5.82 Å². The lowest BCUT2D eigenvalue weighted by Crippen LogP contribution is -2.23. The maximum absolute atomic E-state index is 12.4. The number of pyridine rings is 1. The van der Waals surface area contributed by atoms with Crippen LogP contribution >= 0.6 is 0 Å². The second kappa shape index (κ2) is 8.39. The smallest absolute Gasteiger partial charge is 0.253 e. The van der Waals surface area contributed by atoms with Crippen LogP contribution in [0.15, 0.2) is 79.5 Å². The molecule has 0 bridgehead atoms. The van der Waals surface area contributed by atoms with Crippen LogP contribution in [-0.4, -0.2) is 32.2 Å². The molecule has 7 nitrogen and oxygen atoms in total. The highest BCUT2D eigenvalue weighted by Gasteiger charge is 2.18. The molecule has 31 heavy (non-hydrogen) atoms. The first-order valence-corrected chi connectivity index (χ1v) is 10.3. The number of anilines is 1. The molecule has 1 N–H and O–H groups in total. The van der Waals surface area contributed by atoms with Gasteiger partial charge in [0.05, 0.1) is 5.56 Å². The molecule has 5 rings (SSSR count). The van der Waals surface area contributed by atoms with E-state index >= 15 is 0 Å². The molecule has 1 aliphatic rings. The second-order valence-corrected chi connectivity index (χ2v) is 7.54. The Morgan fingerprint density at radius 2 is 1.84 bits per heavy atom. The summed E-state index contributed by atoms with van der Waals surface area (Å²) in [4.78, 5) is 23.0. The maximum atomic E-state index is 12.4. The quantitative estimate of drug-likeness (QED) is 0.528. The number of nitrogens with one attached hydrogen (secondary N) is 1. The van der Waals surface area contributed by atoms with Crippen molar-refractivity contribution in [2.75, 3.05) is 11.4 Å². The molecule has 0 radical (unpaired) electrons. The molecule has 154 valence electrons. The van der Waals surface area contributed by atoms with Crippen LogP contribution in [0.4, 0.5) is 5.69 Å². The van der Waals surface area contributed by atoms with E-state index in [1.165, 1.54) is 23.1 Å². The molecule has 1 amide bonds. The van der Waals surface area contributed by atoms with Gasteiger partial charge in [-0.05, 0) is 41.3 Å². The van der Waals surface area contributed by atoms with Gasteiger partial charge in [0.1, 0.15) is 12.7 Å². The van der Waals surface area contributed by atoms with E-state index in [1.54, 1.807) is 29.3 Å². The molecule has 7 heteroatoms. The van der Waals surface area contributed by atoms with Gasteiger partial charge in [0.2, 0.25) is 0 Å². The third kappa shape index (κ3) is 4.16. The average molecular weight is 410 g/mol. The number of amides is 1. The Morgan fingerprint density at radius 1 is 1.00 bits per heavy atom. The van der Waals surface area contributed by atoms with Gasteiger partial charge in [0.25, 0.3) is 5.91 Å². The third-order valence-corrected chi connectivity index (χ3v) is 5.50. The lowest BCUT2D eigenvalue weighted by atomic mass is 10.1. The van der Waals surface area contributed by atoms with Crippen molar-refractivity contribution in [2.24, 2.45) is 0 Å². The summed E-state index contributed by atoms with van der Waals surface area (Å²) in [7, 11) is 0. The van der Waals surface area contributed by atoms with E-state index < -0.39 is 0 Å². The standard InChI is InChI=1S/C24H22N6O/c31-24(21-9-10-23(26-14-21)30-17-25-16-28-30)27-13-18-5-7-19(8-6-18)15-29-12-11-20-3-1-2-4-22(20)29/h1-10,14,16-17H,11-13,15H2,(H,27,31). The molecular formula is C24H22N6O. The Kier molecular flexibility index (Phi) is 5.14. The zero-order valence-corrected chi connectivity index (χ0v) is 17.0. The van der Waals surface area contributed by atoms with Crippen LogP contribution in [-0.2, 0) is 19.5 Å². The van der Waals surface area contributed by atoms with Crippen LogP contribution in [0.2, 0.25) is 0 Å². The van der Waals surface area contributed by atoms with Crippen molar-refractivity contribution < 1.29 is 4.79 Å². The van der Waals surface area contributed by atoms with Crippen molar-refractivity contribution in [2.45, 2.75) is 19.5 Å². The van der Waals surface area contributed by atoms with Crippen LogP contribution in [0, 0.1) is 0 Å². The largest absolute Gasteiger partial charge is 0.367 e. The van der Waals surface area contributed by atoms with E-state index in [0.29, 0.717) is 17.9 Å². The maximum Gasteiger partial charge on any atom is 0.253 e. The van der Waals surface area contributed by atoms with Gasteiger partial charge < -0.3 is 10.2 Å². The minimum Gasteiger partial charge on any atom is -0.367 e. The summed E-state index contributed by atoms with van der Waals surface area (Å²) in [5, 5.41) is 6.98. The number of benzene rings is 2. The fraction of sp³-hybridized carbons (Fsp3) is 0.167. The van der Waals surface area contributed by atoms with Gasteiger partial charge in [-0.1, -0.05) is 42.5 Å². The van der Waals surface area contributed by atoms with Crippen LogP contribution in [0.25, 0.3) is 5.82 Å². The Labute approximate surface area is 180 Å². The molecule has 4 aromatic rings. The number of rotatable bonds is 6. The highest BCUT2D eigenvalue weighted by molar-refractivity contribution is 5.93. The average Bonchev–Trinajstić information content (AvgIpc) is 3.49. The van der Waals surface area contributed by atoms with Gasteiger partial charge in [-0.25, -0.2) is 14.6 Å². The molecule has 2 aromatic heterocycles. The zero-order chi connectivity index (χ0) is 21.0. The SMILES string of the molecule is O=C(NCc1ccc(CN2CCc3ccccc32)cc1)c1ccc(-n2cncn2)nc1. The lowest BCUT2D eigenvalue weighted by Gasteiger charge is -2.19. The molecule has 0 saturated carbocycles. The van der Waals surface area contributed by atoms with E-state index in [1.807, 2.05) is 0 Å². The van der Waals surface area contributed by atoms with Gasteiger partial charge in [-0.2, -0.15) is 5.10 Å². The van der Waals surface area contributed by atoms with E-state index in [4.69, 9.17) is 0 Å². The van der Waals surface area contributed by atoms with Gasteiger partial charge in [-0.15, -0.1) is 0 Å². The second-order valence-electron chi connectivity index (χ2n) is 7.54. The molecule has 0 spiro atoms. The molecule has 0 atom stereocenters. The van der Waals surface area contributed by atoms with Crippen molar-refractivity contribution in [3.63, 3.8) is 0 Å². The summed E-state index contributed by atoms with van der Waals surface area (Å²) in [5.41, 5.74) is 5.59. The Bertz CT molecular complexity index is 1170. The topological polar surface area (TPSA) is 75.9 Å². The first kappa shape index (κ1) is 19.0. The molecule has 2 aromatic carbocycles. The van der Waals surface area contributed by atoms with Crippen molar-refractivity contribution in [3.05, 3.63) is 102 Å². The number of hydrogen-bond donors (Lipinski definition) is 1. The van der Waals surface area contributed by atoms with Crippen LogP contribution in [0.5, 0.6) is 0 Å². The van der Waals surface area contributed by atoms with Gasteiger partial charge in [-0.3, -0.25) is 4.79 Å². The van der Waals surface area contributed by atoms with Crippen LogP contribution in [0.1, 0.15) is 27.0 Å². The number of nitrogens with zero attached hydrogens (tertiary/aromatic N) is 5. The predicted molar refractivity (Wildman–Crippen MR) is 118 cm³/mol. The predicted octanol–water partition coefficient (Wildman–Crippen LogP) is 3.16. The summed E-state index contributed by atoms with van der Waals surface area (Å²) >= 11 is 0. The zero-order valence-electron chi connectivity index (χ0n) is 17.0. The monoisotopic (exact) mass is 410 g/mol. The van der Waals surface area contributed by atoms with Crippen LogP contribution in [0.3, 0.4) is 0 Å². The first-order chi connectivity index (χ1) is 15.3. The fourth-order valence-corrected chi connectivity index (χ4v) is 3.82. The number of fused-ring (bicyclic) bond motifs is 1. The van der Waals surface area contributed by atoms with E-state index in [0.717, 1.165) is 25.1 Å². The summed E-state index contributed by atoms with van der Waals surface area (Å²) in [6, 6.07) is 20.5. The lowest BCUT2D eigenvalue weighted by molar-refractivity contribution is 0.0950. The Morgan fingerprint density at radius 3 is 2.61 bits per heavy atom. The summed E-state index contributed by atoms with van der Waals surface area (Å²) in [5.74, 6) is 0.459. The van der Waals surface area contributed by atoms with Crippen molar-refractivity contribution in [1.82, 2.24) is 25.1 Å². The summed E-state index contributed by atoms with van der Waals surface area (Å²) in [6.45, 7) is 2.42. The number of carbonyl (C=O) groups is 1. The molecule has 3 heterocycles. The summed E-state index contributed by atoms with van der Waals surface area (Å²) < 4.78 is 1.55. The number of aromatic nitrogens is 4. The minimum absolute atomic E-state index is 0.157. The van der Waals surface area contributed by atoms with E-state index in [2.05, 4.69) is 73.8 Å². The van der Waals surface area contributed by atoms with Crippen molar-refractivity contribution >= 4 is 11.6 Å². The summed E-state index contributed by atoms with van der Waals surface area (Å²) in [6.07, 6.45) is 5.66. The van der Waals surface area contributed by atoms with E-state index in [-0.39, 0.29) is 5.91 Å². The highest BCUT2D eigenvalue weighted by atomic mass is 16.1. The number of hydrogen-bond acceptors (Lipinski definition) is 5. The van der Waals surface area contributed by atoms with Crippen LogP contribution < -0.4 is 10.2 Å². The fourth-order valence-electron chi connectivity index (χ4n) is 3.82. The minimum atomic E-state index is -0.157. The first-order valence-electron chi connectivity index (χ1n) is 10.3. The molecule has 0 fully saturated rings. The Balaban J connectivity index is 1.16. The molecular weight excluding hydrogens is 388 g/mol.